The Kier molecular flexibility index (Phi) is 6.98. The van der Waals surface area contributed by atoms with Gasteiger partial charge in [0.05, 0.1) is 13.2 Å². The molecule has 0 saturated carbocycles. The third kappa shape index (κ3) is 5.97. The molecule has 0 saturated heterocycles. The van der Waals surface area contributed by atoms with Crippen LogP contribution in [0.15, 0.2) is 90.7 Å². The van der Waals surface area contributed by atoms with Gasteiger partial charge in [-0.3, -0.25) is 0 Å². The first-order valence-electron chi connectivity index (χ1n) is 7.58. The molecule has 1 heteroatoms. The predicted octanol–water partition coefficient (Wildman–Crippen LogP) is 4.76. The predicted molar refractivity (Wildman–Crippen MR) is 92.9 cm³/mol. The summed E-state index contributed by atoms with van der Waals surface area (Å²) in [4.78, 5) is 0. The molecule has 2 rings (SSSR count). The van der Waals surface area contributed by atoms with Gasteiger partial charge in [0.25, 0.3) is 0 Å². The van der Waals surface area contributed by atoms with E-state index < -0.39 is 0 Å². The average molecular weight is 290 g/mol. The van der Waals surface area contributed by atoms with E-state index in [0.717, 1.165) is 12.8 Å². The number of benzene rings is 2. The van der Waals surface area contributed by atoms with E-state index in [1.165, 1.54) is 16.7 Å². The lowest BCUT2D eigenvalue weighted by molar-refractivity contribution is 0.194. The quantitative estimate of drug-likeness (QED) is 0.387. The summed E-state index contributed by atoms with van der Waals surface area (Å²) in [5.41, 5.74) is 7.29. The fourth-order valence-electron chi connectivity index (χ4n) is 2.25. The fourth-order valence-corrected chi connectivity index (χ4v) is 2.25. The van der Waals surface area contributed by atoms with Gasteiger partial charge < -0.3 is 4.74 Å². The van der Waals surface area contributed by atoms with Gasteiger partial charge in [-0.1, -0.05) is 66.7 Å². The smallest absolute Gasteiger partial charge is 0.0725 e. The van der Waals surface area contributed by atoms with Crippen LogP contribution in [0.3, 0.4) is 0 Å². The number of ether oxygens (including phenoxy) is 1. The molecule has 2 aromatic rings. The van der Waals surface area contributed by atoms with Crippen LogP contribution in [0.4, 0.5) is 0 Å². The van der Waals surface area contributed by atoms with Crippen molar-refractivity contribution in [3.05, 3.63) is 102 Å². The van der Waals surface area contributed by atoms with Gasteiger partial charge >= 0.3 is 0 Å². The lowest BCUT2D eigenvalue weighted by Crippen LogP contribution is -1.95. The topological polar surface area (TPSA) is 9.23 Å². The third-order valence-corrected chi connectivity index (χ3v) is 3.26. The highest BCUT2D eigenvalue weighted by molar-refractivity contribution is 5.27. The molecule has 0 aliphatic carbocycles. The Balaban J connectivity index is 2.09. The van der Waals surface area contributed by atoms with Crippen LogP contribution >= 0.6 is 0 Å². The molecule has 0 N–H and O–H groups in total. The summed E-state index contributed by atoms with van der Waals surface area (Å²) in [5.74, 6) is 0. The summed E-state index contributed by atoms with van der Waals surface area (Å²) >= 11 is 0. The summed E-state index contributed by atoms with van der Waals surface area (Å²) in [6.07, 6.45) is 5.54. The Morgan fingerprint density at radius 2 is 1.41 bits per heavy atom. The molecule has 0 unspecified atom stereocenters. The average Bonchev–Trinajstić information content (AvgIpc) is 2.56. The molecule has 2 aromatic carbocycles. The molecule has 112 valence electrons. The maximum atomic E-state index is 5.38. The van der Waals surface area contributed by atoms with Crippen LogP contribution in [0.25, 0.3) is 0 Å². The van der Waals surface area contributed by atoms with Gasteiger partial charge in [0.1, 0.15) is 0 Å². The van der Waals surface area contributed by atoms with Gasteiger partial charge in [0, 0.05) is 12.8 Å². The van der Waals surface area contributed by atoms with Crippen molar-refractivity contribution >= 4 is 0 Å². The Morgan fingerprint density at radius 3 is 1.91 bits per heavy atom. The van der Waals surface area contributed by atoms with Crippen LogP contribution in [0.5, 0.6) is 0 Å². The van der Waals surface area contributed by atoms with Crippen LogP contribution in [-0.4, -0.2) is 13.2 Å². The van der Waals surface area contributed by atoms with Crippen molar-refractivity contribution in [1.29, 1.82) is 0 Å². The van der Waals surface area contributed by atoms with E-state index in [1.807, 2.05) is 18.2 Å². The van der Waals surface area contributed by atoms with Gasteiger partial charge in [0.2, 0.25) is 0 Å². The van der Waals surface area contributed by atoms with E-state index in [-0.39, 0.29) is 0 Å². The molecule has 0 fully saturated rings. The van der Waals surface area contributed by atoms with E-state index >= 15 is 0 Å². The normalized spacial score (nSPS) is 9.82. The van der Waals surface area contributed by atoms with E-state index in [4.69, 9.17) is 4.74 Å². The second-order valence-electron chi connectivity index (χ2n) is 5.10. The zero-order valence-electron chi connectivity index (χ0n) is 12.9. The van der Waals surface area contributed by atoms with Crippen molar-refractivity contribution in [1.82, 2.24) is 0 Å². The molecule has 0 heterocycles. The van der Waals surface area contributed by atoms with Gasteiger partial charge in [-0.15, -0.1) is 12.3 Å². The number of hydrogen-bond donors (Lipinski definition) is 0. The second kappa shape index (κ2) is 9.57. The van der Waals surface area contributed by atoms with Crippen molar-refractivity contribution in [3.63, 3.8) is 0 Å². The third-order valence-electron chi connectivity index (χ3n) is 3.26. The monoisotopic (exact) mass is 290 g/mol. The molecule has 0 amide bonds. The highest BCUT2D eigenvalue weighted by Crippen LogP contribution is 2.13. The van der Waals surface area contributed by atoms with Crippen LogP contribution < -0.4 is 0 Å². The molecule has 0 atom stereocenters. The van der Waals surface area contributed by atoms with Crippen molar-refractivity contribution in [2.75, 3.05) is 13.2 Å². The number of rotatable bonds is 8. The first-order valence-corrected chi connectivity index (χ1v) is 7.58. The standard InChI is InChI=1S/C21H22O/c1-2-15-22-16-9-14-21(17-19-10-5-3-6-11-19)18-20-12-7-4-8-13-20/h2-13H,1,15-18H2. The Bertz CT molecular complexity index is 576. The minimum atomic E-state index is 0.569. The fraction of sp³-hybridized carbons (Fsp3) is 0.190. The van der Waals surface area contributed by atoms with Gasteiger partial charge in [-0.2, -0.15) is 0 Å². The minimum Gasteiger partial charge on any atom is -0.373 e. The molecule has 0 bridgehead atoms. The van der Waals surface area contributed by atoms with Crippen molar-refractivity contribution in [2.24, 2.45) is 0 Å². The van der Waals surface area contributed by atoms with E-state index in [2.05, 4.69) is 60.8 Å². The molecule has 1 nitrogen and oxygen atoms in total. The van der Waals surface area contributed by atoms with Crippen LogP contribution in [0, 0.1) is 0 Å². The zero-order chi connectivity index (χ0) is 15.5. The SMILES string of the molecule is C=CCOCC=C=C(Cc1ccccc1)Cc1ccccc1. The van der Waals surface area contributed by atoms with E-state index in [1.54, 1.807) is 6.08 Å². The summed E-state index contributed by atoms with van der Waals surface area (Å²) in [6.45, 7) is 4.78. The lowest BCUT2D eigenvalue weighted by atomic mass is 9.99. The molecular weight excluding hydrogens is 268 g/mol. The largest absolute Gasteiger partial charge is 0.373 e. The molecule has 0 aliphatic rings. The zero-order valence-corrected chi connectivity index (χ0v) is 12.9. The highest BCUT2D eigenvalue weighted by Gasteiger charge is 2.01. The van der Waals surface area contributed by atoms with Crippen molar-refractivity contribution < 1.29 is 4.74 Å². The summed E-state index contributed by atoms with van der Waals surface area (Å²) in [7, 11) is 0. The Hall–Kier alpha value is -2.34. The van der Waals surface area contributed by atoms with Gasteiger partial charge in [-0.05, 0) is 22.8 Å². The molecular formula is C21H22O. The minimum absolute atomic E-state index is 0.569. The lowest BCUT2D eigenvalue weighted by Gasteiger charge is -2.06. The highest BCUT2D eigenvalue weighted by atomic mass is 16.5. The van der Waals surface area contributed by atoms with Crippen molar-refractivity contribution in [3.8, 4) is 0 Å². The summed E-state index contributed by atoms with van der Waals surface area (Å²) in [5, 5.41) is 0. The van der Waals surface area contributed by atoms with Crippen LogP contribution in [0.1, 0.15) is 11.1 Å². The number of hydrogen-bond acceptors (Lipinski definition) is 1. The molecule has 0 aromatic heterocycles. The molecule has 0 radical (unpaired) electrons. The maximum Gasteiger partial charge on any atom is 0.0725 e. The van der Waals surface area contributed by atoms with Crippen LogP contribution in [-0.2, 0) is 17.6 Å². The van der Waals surface area contributed by atoms with E-state index in [0.29, 0.717) is 13.2 Å². The maximum absolute atomic E-state index is 5.38. The second-order valence-corrected chi connectivity index (χ2v) is 5.10. The van der Waals surface area contributed by atoms with E-state index in [9.17, 15) is 0 Å². The first-order chi connectivity index (χ1) is 10.9. The summed E-state index contributed by atoms with van der Waals surface area (Å²) < 4.78 is 5.38. The van der Waals surface area contributed by atoms with Crippen molar-refractivity contribution in [2.45, 2.75) is 12.8 Å². The molecule has 0 spiro atoms. The molecule has 22 heavy (non-hydrogen) atoms. The Morgan fingerprint density at radius 1 is 0.864 bits per heavy atom. The molecule has 0 aliphatic heterocycles. The van der Waals surface area contributed by atoms with Crippen LogP contribution in [0.2, 0.25) is 0 Å². The van der Waals surface area contributed by atoms with Gasteiger partial charge in [0.15, 0.2) is 0 Å². The summed E-state index contributed by atoms with van der Waals surface area (Å²) in [6, 6.07) is 21.0. The Labute approximate surface area is 133 Å². The van der Waals surface area contributed by atoms with Gasteiger partial charge in [-0.25, -0.2) is 0 Å². The first kappa shape index (κ1) is 16.0.